The third-order valence-electron chi connectivity index (χ3n) is 2.77. The minimum absolute atomic E-state index is 0.0665. The molecule has 2 amide bonds. The third kappa shape index (κ3) is 8.85. The summed E-state index contributed by atoms with van der Waals surface area (Å²) in [7, 11) is 0. The van der Waals surface area contributed by atoms with Crippen LogP contribution in [-0.2, 0) is 14.2 Å². The fourth-order valence-electron chi connectivity index (χ4n) is 1.68. The zero-order chi connectivity index (χ0) is 18.5. The standard InChI is InChI=1S/C16H22N2O6S/c1-2-22-14(19)12-5-3-6-13(11-12)18-16(21)24-9-8-23-15(20)17-7-4-10-25/h3,5-6,11,25H,2,4,7-10H2,1H3,(H,17,20)(H,18,21). The van der Waals surface area contributed by atoms with Crippen molar-refractivity contribution in [2.24, 2.45) is 0 Å². The summed E-state index contributed by atoms with van der Waals surface area (Å²) in [4.78, 5) is 34.5. The zero-order valence-electron chi connectivity index (χ0n) is 13.9. The van der Waals surface area contributed by atoms with Gasteiger partial charge >= 0.3 is 18.2 Å². The number of hydrogen-bond acceptors (Lipinski definition) is 7. The van der Waals surface area contributed by atoms with Crippen LogP contribution in [0.3, 0.4) is 0 Å². The van der Waals surface area contributed by atoms with E-state index in [1.807, 2.05) is 0 Å². The van der Waals surface area contributed by atoms with Gasteiger partial charge in [0.2, 0.25) is 0 Å². The van der Waals surface area contributed by atoms with E-state index in [2.05, 4.69) is 23.3 Å². The molecule has 9 heteroatoms. The fourth-order valence-corrected chi connectivity index (χ4v) is 1.84. The number of amides is 2. The number of thiol groups is 1. The third-order valence-corrected chi connectivity index (χ3v) is 3.09. The molecule has 0 saturated heterocycles. The lowest BCUT2D eigenvalue weighted by atomic mass is 10.2. The summed E-state index contributed by atoms with van der Waals surface area (Å²) in [6, 6.07) is 6.27. The number of alkyl carbamates (subject to hydrolysis) is 1. The van der Waals surface area contributed by atoms with Crippen LogP contribution in [0.15, 0.2) is 24.3 Å². The molecule has 0 heterocycles. The topological polar surface area (TPSA) is 103 Å². The Morgan fingerprint density at radius 2 is 1.80 bits per heavy atom. The van der Waals surface area contributed by atoms with Gasteiger partial charge in [-0.25, -0.2) is 14.4 Å². The van der Waals surface area contributed by atoms with Crippen molar-refractivity contribution in [1.82, 2.24) is 5.32 Å². The van der Waals surface area contributed by atoms with Crippen molar-refractivity contribution in [2.45, 2.75) is 13.3 Å². The minimum Gasteiger partial charge on any atom is -0.462 e. The molecule has 0 aliphatic heterocycles. The Bertz CT molecular complexity index is 581. The van der Waals surface area contributed by atoms with Gasteiger partial charge in [0, 0.05) is 12.2 Å². The van der Waals surface area contributed by atoms with Gasteiger partial charge in [-0.05, 0) is 37.3 Å². The van der Waals surface area contributed by atoms with E-state index in [0.717, 1.165) is 6.42 Å². The van der Waals surface area contributed by atoms with E-state index in [1.54, 1.807) is 25.1 Å². The molecule has 138 valence electrons. The lowest BCUT2D eigenvalue weighted by Crippen LogP contribution is -2.27. The maximum Gasteiger partial charge on any atom is 0.411 e. The van der Waals surface area contributed by atoms with Crippen LogP contribution in [-0.4, -0.2) is 50.3 Å². The predicted molar refractivity (Wildman–Crippen MR) is 95.2 cm³/mol. The highest BCUT2D eigenvalue weighted by molar-refractivity contribution is 7.80. The van der Waals surface area contributed by atoms with Crippen LogP contribution in [0.5, 0.6) is 0 Å². The van der Waals surface area contributed by atoms with Gasteiger partial charge in [0.1, 0.15) is 13.2 Å². The molecule has 0 aromatic heterocycles. The maximum atomic E-state index is 11.7. The SMILES string of the molecule is CCOC(=O)c1cccc(NC(=O)OCCOC(=O)NCCCS)c1. The Morgan fingerprint density at radius 1 is 1.08 bits per heavy atom. The second kappa shape index (κ2) is 12.0. The van der Waals surface area contributed by atoms with Gasteiger partial charge in [-0.15, -0.1) is 0 Å². The molecule has 0 aliphatic carbocycles. The number of esters is 1. The highest BCUT2D eigenvalue weighted by atomic mass is 32.1. The van der Waals surface area contributed by atoms with E-state index in [4.69, 9.17) is 14.2 Å². The number of rotatable bonds is 9. The van der Waals surface area contributed by atoms with Gasteiger partial charge in [0.15, 0.2) is 0 Å². The first kappa shape index (κ1) is 20.6. The van der Waals surface area contributed by atoms with Crippen molar-refractivity contribution >= 4 is 36.5 Å². The number of ether oxygens (including phenoxy) is 3. The monoisotopic (exact) mass is 370 g/mol. The van der Waals surface area contributed by atoms with Gasteiger partial charge in [-0.1, -0.05) is 6.07 Å². The van der Waals surface area contributed by atoms with Crippen molar-refractivity contribution in [3.63, 3.8) is 0 Å². The first-order valence-corrected chi connectivity index (χ1v) is 8.42. The lowest BCUT2D eigenvalue weighted by molar-refractivity contribution is 0.0526. The number of carbonyl (C=O) groups excluding carboxylic acids is 3. The summed E-state index contributed by atoms with van der Waals surface area (Å²) < 4.78 is 14.6. The van der Waals surface area contributed by atoms with Gasteiger partial charge in [-0.3, -0.25) is 5.32 Å². The summed E-state index contributed by atoms with van der Waals surface area (Å²) in [5.74, 6) is 0.192. The molecule has 0 atom stereocenters. The Morgan fingerprint density at radius 3 is 2.48 bits per heavy atom. The van der Waals surface area contributed by atoms with Gasteiger partial charge in [0.25, 0.3) is 0 Å². The Hall–Kier alpha value is -2.42. The maximum absolute atomic E-state index is 11.7. The van der Waals surface area contributed by atoms with Gasteiger partial charge in [0.05, 0.1) is 12.2 Å². The molecule has 0 radical (unpaired) electrons. The van der Waals surface area contributed by atoms with Crippen molar-refractivity contribution in [3.05, 3.63) is 29.8 Å². The molecule has 2 N–H and O–H groups in total. The molecule has 25 heavy (non-hydrogen) atoms. The van der Waals surface area contributed by atoms with Crippen LogP contribution in [0.25, 0.3) is 0 Å². The second-order valence-electron chi connectivity index (χ2n) is 4.70. The average Bonchev–Trinajstić information content (AvgIpc) is 2.59. The van der Waals surface area contributed by atoms with E-state index in [1.165, 1.54) is 6.07 Å². The Balaban J connectivity index is 2.29. The summed E-state index contributed by atoms with van der Waals surface area (Å²) in [5, 5.41) is 5.00. The summed E-state index contributed by atoms with van der Waals surface area (Å²) >= 11 is 4.02. The molecule has 0 bridgehead atoms. The van der Waals surface area contributed by atoms with Crippen molar-refractivity contribution < 1.29 is 28.6 Å². The first-order valence-electron chi connectivity index (χ1n) is 7.79. The number of hydrogen-bond donors (Lipinski definition) is 3. The molecule has 0 saturated carbocycles. The lowest BCUT2D eigenvalue weighted by Gasteiger charge is -2.09. The summed E-state index contributed by atoms with van der Waals surface area (Å²) in [6.07, 6.45) is -0.560. The number of benzene rings is 1. The molecule has 8 nitrogen and oxygen atoms in total. The van der Waals surface area contributed by atoms with Crippen molar-refractivity contribution in [1.29, 1.82) is 0 Å². The molecule has 0 aliphatic rings. The van der Waals surface area contributed by atoms with E-state index in [-0.39, 0.29) is 19.8 Å². The molecule has 0 fully saturated rings. The van der Waals surface area contributed by atoms with Gasteiger partial charge < -0.3 is 19.5 Å². The predicted octanol–water partition coefficient (Wildman–Crippen LogP) is 2.46. The number of anilines is 1. The Kier molecular flexibility index (Phi) is 9.91. The second-order valence-corrected chi connectivity index (χ2v) is 5.15. The normalized spacial score (nSPS) is 9.84. The quantitative estimate of drug-likeness (QED) is 0.267. The number of nitrogens with one attached hydrogen (secondary N) is 2. The molecular formula is C16H22N2O6S. The van der Waals surface area contributed by atoms with Crippen molar-refractivity contribution in [2.75, 3.05) is 37.4 Å². The smallest absolute Gasteiger partial charge is 0.411 e. The van der Waals surface area contributed by atoms with E-state index >= 15 is 0 Å². The molecular weight excluding hydrogens is 348 g/mol. The van der Waals surface area contributed by atoms with E-state index in [9.17, 15) is 14.4 Å². The van der Waals surface area contributed by atoms with Crippen LogP contribution in [0, 0.1) is 0 Å². The highest BCUT2D eigenvalue weighted by Crippen LogP contribution is 2.12. The number of carbonyl (C=O) groups is 3. The summed E-state index contributed by atoms with van der Waals surface area (Å²) in [5.41, 5.74) is 0.710. The average molecular weight is 370 g/mol. The molecule has 0 unspecified atom stereocenters. The van der Waals surface area contributed by atoms with Crippen LogP contribution in [0.4, 0.5) is 15.3 Å². The van der Waals surface area contributed by atoms with Crippen molar-refractivity contribution in [3.8, 4) is 0 Å². The zero-order valence-corrected chi connectivity index (χ0v) is 14.8. The molecule has 0 spiro atoms. The van der Waals surface area contributed by atoms with Gasteiger partial charge in [-0.2, -0.15) is 12.6 Å². The van der Waals surface area contributed by atoms with Crippen LogP contribution in [0.1, 0.15) is 23.7 Å². The van der Waals surface area contributed by atoms with Crippen LogP contribution < -0.4 is 10.6 Å². The fraction of sp³-hybridized carbons (Fsp3) is 0.438. The Labute approximate surface area is 151 Å². The molecule has 1 aromatic rings. The molecule has 1 aromatic carbocycles. The minimum atomic E-state index is -0.722. The first-order chi connectivity index (χ1) is 12.1. The highest BCUT2D eigenvalue weighted by Gasteiger charge is 2.09. The van der Waals surface area contributed by atoms with Crippen LogP contribution in [0.2, 0.25) is 0 Å². The summed E-state index contributed by atoms with van der Waals surface area (Å²) in [6.45, 7) is 2.29. The van der Waals surface area contributed by atoms with E-state index < -0.39 is 18.2 Å². The largest absolute Gasteiger partial charge is 0.462 e. The molecule has 1 rings (SSSR count). The van der Waals surface area contributed by atoms with E-state index in [0.29, 0.717) is 23.5 Å². The van der Waals surface area contributed by atoms with Crippen LogP contribution >= 0.6 is 12.6 Å².